The van der Waals surface area contributed by atoms with Crippen LogP contribution in [0.4, 0.5) is 4.39 Å². The number of halogens is 2. The van der Waals surface area contributed by atoms with Crippen LogP contribution in [0.1, 0.15) is 20.1 Å². The molecule has 9 nitrogen and oxygen atoms in total. The van der Waals surface area contributed by atoms with Gasteiger partial charge in [-0.3, -0.25) is 14.3 Å². The molecule has 1 aromatic rings. The highest BCUT2D eigenvalue weighted by atomic mass is 35.5. The van der Waals surface area contributed by atoms with E-state index < -0.39 is 48.6 Å². The molecule has 1 saturated heterocycles. The predicted octanol–water partition coefficient (Wildman–Crippen LogP) is 0.00219. The van der Waals surface area contributed by atoms with E-state index in [2.05, 4.69) is 4.98 Å². The first-order valence-electron chi connectivity index (χ1n) is 7.64. The second-order valence-corrected chi connectivity index (χ2v) is 7.07. The molecule has 26 heavy (non-hydrogen) atoms. The SMILES string of the molecule is CC(C)[C@H](N)C(=O)OC[C@@]1(F)O[C@@H](n2cc(Cl)c(=S)[nH]c2=O)[C@H](O)[C@@H]1O. The van der Waals surface area contributed by atoms with Crippen molar-refractivity contribution in [1.82, 2.24) is 9.55 Å². The summed E-state index contributed by atoms with van der Waals surface area (Å²) in [5, 5.41) is 20.0. The standard InChI is InChI=1S/C14H19ClFN3O6S/c1-5(2)7(17)12(22)24-4-14(16)9(21)8(20)11(25-14)19-3-6(15)10(26)18-13(19)23/h3,5,7-9,11,20-21H,4,17H2,1-2H3,(H,18,23,26)/t7-,8+,9-,11+,14+/m0/s1. The maximum atomic E-state index is 14.9. The molecule has 0 unspecified atom stereocenters. The first kappa shape index (κ1) is 20.9. The normalized spacial score (nSPS) is 29.8. The molecule has 1 fully saturated rings. The fraction of sp³-hybridized carbons (Fsp3) is 0.643. The lowest BCUT2D eigenvalue weighted by molar-refractivity contribution is -0.217. The molecule has 2 rings (SSSR count). The average molecular weight is 412 g/mol. The minimum Gasteiger partial charge on any atom is -0.458 e. The highest BCUT2D eigenvalue weighted by Gasteiger charge is 2.57. The molecule has 0 aliphatic carbocycles. The number of aromatic nitrogens is 2. The van der Waals surface area contributed by atoms with E-state index in [9.17, 15) is 24.2 Å². The van der Waals surface area contributed by atoms with E-state index in [1.807, 2.05) is 0 Å². The van der Waals surface area contributed by atoms with Crippen molar-refractivity contribution in [3.05, 3.63) is 26.3 Å². The molecule has 5 atom stereocenters. The van der Waals surface area contributed by atoms with Gasteiger partial charge in [-0.25, -0.2) is 9.18 Å². The molecule has 146 valence electrons. The first-order chi connectivity index (χ1) is 12.0. The summed E-state index contributed by atoms with van der Waals surface area (Å²) in [6.45, 7) is 2.33. The summed E-state index contributed by atoms with van der Waals surface area (Å²) < 4.78 is 25.3. The Bertz CT molecular complexity index is 802. The van der Waals surface area contributed by atoms with E-state index in [1.54, 1.807) is 13.8 Å². The third kappa shape index (κ3) is 3.97. The third-order valence-electron chi connectivity index (χ3n) is 3.97. The molecule has 12 heteroatoms. The number of aliphatic hydroxyl groups is 2. The molecule has 5 N–H and O–H groups in total. The van der Waals surface area contributed by atoms with Crippen LogP contribution in [0.3, 0.4) is 0 Å². The Morgan fingerprint density at radius 1 is 1.62 bits per heavy atom. The molecule has 1 aliphatic heterocycles. The molecule has 0 radical (unpaired) electrons. The molecule has 0 aromatic carbocycles. The number of aromatic amines is 1. The number of nitrogens with one attached hydrogen (secondary N) is 1. The molecule has 0 bridgehead atoms. The summed E-state index contributed by atoms with van der Waals surface area (Å²) in [5.41, 5.74) is 4.76. The molecule has 1 aromatic heterocycles. The van der Waals surface area contributed by atoms with Crippen LogP contribution in [0, 0.1) is 10.6 Å². The quantitative estimate of drug-likeness (QED) is 0.392. The summed E-state index contributed by atoms with van der Waals surface area (Å²) in [6.07, 6.45) is -4.51. The lowest BCUT2D eigenvalue weighted by Gasteiger charge is -2.24. The average Bonchev–Trinajstić information content (AvgIpc) is 2.80. The second-order valence-electron chi connectivity index (χ2n) is 6.25. The van der Waals surface area contributed by atoms with Crippen LogP contribution < -0.4 is 11.4 Å². The summed E-state index contributed by atoms with van der Waals surface area (Å²) >= 11 is 10.6. The lowest BCUT2D eigenvalue weighted by atomic mass is 10.1. The minimum atomic E-state index is -2.95. The number of nitrogens with zero attached hydrogens (tertiary/aromatic N) is 1. The van der Waals surface area contributed by atoms with Gasteiger partial charge in [-0.1, -0.05) is 37.7 Å². The van der Waals surface area contributed by atoms with Gasteiger partial charge in [0.25, 0.3) is 5.85 Å². The van der Waals surface area contributed by atoms with Gasteiger partial charge in [0.2, 0.25) is 0 Å². The van der Waals surface area contributed by atoms with Gasteiger partial charge in [0, 0.05) is 6.20 Å². The number of hydrogen-bond donors (Lipinski definition) is 4. The Hall–Kier alpha value is -1.37. The van der Waals surface area contributed by atoms with Gasteiger partial charge in [-0.2, -0.15) is 0 Å². The summed E-state index contributed by atoms with van der Waals surface area (Å²) in [4.78, 5) is 25.9. The number of aliphatic hydroxyl groups excluding tert-OH is 2. The van der Waals surface area contributed by atoms with E-state index in [0.717, 1.165) is 10.8 Å². The van der Waals surface area contributed by atoms with Crippen molar-refractivity contribution in [2.75, 3.05) is 6.61 Å². The summed E-state index contributed by atoms with van der Waals surface area (Å²) in [6, 6.07) is -0.992. The fourth-order valence-corrected chi connectivity index (χ4v) is 2.57. The number of H-pyrrole nitrogens is 1. The van der Waals surface area contributed by atoms with Crippen LogP contribution in [0.5, 0.6) is 0 Å². The zero-order chi connectivity index (χ0) is 19.8. The number of ether oxygens (including phenoxy) is 2. The van der Waals surface area contributed by atoms with Crippen molar-refractivity contribution < 1.29 is 28.9 Å². The molecular formula is C14H19ClFN3O6S. The van der Waals surface area contributed by atoms with Crippen molar-refractivity contribution in [1.29, 1.82) is 0 Å². The molecular weight excluding hydrogens is 393 g/mol. The smallest absolute Gasteiger partial charge is 0.328 e. The first-order valence-corrected chi connectivity index (χ1v) is 8.42. The van der Waals surface area contributed by atoms with Crippen LogP contribution in [0.2, 0.25) is 5.02 Å². The van der Waals surface area contributed by atoms with Crippen LogP contribution >= 0.6 is 23.8 Å². The van der Waals surface area contributed by atoms with Gasteiger partial charge < -0.3 is 25.4 Å². The Morgan fingerprint density at radius 2 is 2.23 bits per heavy atom. The number of hydrogen-bond acceptors (Lipinski definition) is 8. The highest BCUT2D eigenvalue weighted by Crippen LogP contribution is 2.38. The van der Waals surface area contributed by atoms with Crippen molar-refractivity contribution in [2.24, 2.45) is 11.7 Å². The zero-order valence-electron chi connectivity index (χ0n) is 13.9. The number of nitrogens with two attached hydrogens (primary N) is 1. The summed E-state index contributed by atoms with van der Waals surface area (Å²) in [7, 11) is 0. The van der Waals surface area contributed by atoms with Gasteiger partial charge >= 0.3 is 11.7 Å². The number of rotatable bonds is 5. The van der Waals surface area contributed by atoms with Gasteiger partial charge in [-0.15, -0.1) is 0 Å². The number of esters is 1. The Balaban J connectivity index is 2.21. The number of carbonyl (C=O) groups excluding carboxylic acids is 1. The number of carbonyl (C=O) groups is 1. The van der Waals surface area contributed by atoms with Crippen molar-refractivity contribution in [3.8, 4) is 0 Å². The topological polar surface area (TPSA) is 140 Å². The monoisotopic (exact) mass is 411 g/mol. The minimum absolute atomic E-state index is 0.0458. The zero-order valence-corrected chi connectivity index (χ0v) is 15.5. The maximum Gasteiger partial charge on any atom is 0.328 e. The van der Waals surface area contributed by atoms with E-state index in [0.29, 0.717) is 0 Å². The van der Waals surface area contributed by atoms with E-state index >= 15 is 0 Å². The van der Waals surface area contributed by atoms with Crippen LogP contribution in [0.15, 0.2) is 11.0 Å². The van der Waals surface area contributed by atoms with Crippen LogP contribution in [-0.4, -0.2) is 56.4 Å². The van der Waals surface area contributed by atoms with Crippen LogP contribution in [-0.2, 0) is 14.3 Å². The Morgan fingerprint density at radius 3 is 2.81 bits per heavy atom. The predicted molar refractivity (Wildman–Crippen MR) is 90.6 cm³/mol. The van der Waals surface area contributed by atoms with Crippen molar-refractivity contribution >= 4 is 29.8 Å². The molecule has 0 spiro atoms. The lowest BCUT2D eigenvalue weighted by Crippen LogP contribution is -2.46. The molecule has 2 heterocycles. The molecule has 0 saturated carbocycles. The highest BCUT2D eigenvalue weighted by molar-refractivity contribution is 7.71. The fourth-order valence-electron chi connectivity index (χ4n) is 2.28. The van der Waals surface area contributed by atoms with Gasteiger partial charge in [0.1, 0.15) is 22.9 Å². The Kier molecular flexibility index (Phi) is 6.20. The van der Waals surface area contributed by atoms with E-state index in [4.69, 9.17) is 39.0 Å². The molecule has 1 aliphatic rings. The van der Waals surface area contributed by atoms with Gasteiger partial charge in [-0.05, 0) is 5.92 Å². The van der Waals surface area contributed by atoms with Crippen molar-refractivity contribution in [3.63, 3.8) is 0 Å². The largest absolute Gasteiger partial charge is 0.458 e. The van der Waals surface area contributed by atoms with Crippen molar-refractivity contribution in [2.45, 2.75) is 44.2 Å². The van der Waals surface area contributed by atoms with E-state index in [1.165, 1.54) is 0 Å². The van der Waals surface area contributed by atoms with E-state index in [-0.39, 0.29) is 15.6 Å². The maximum absolute atomic E-state index is 14.9. The molecule has 0 amide bonds. The second kappa shape index (κ2) is 7.71. The number of alkyl halides is 1. The third-order valence-corrected chi connectivity index (χ3v) is 4.69. The van der Waals surface area contributed by atoms with Gasteiger partial charge in [0.05, 0.1) is 5.02 Å². The van der Waals surface area contributed by atoms with Crippen LogP contribution in [0.25, 0.3) is 0 Å². The van der Waals surface area contributed by atoms with Gasteiger partial charge in [0.15, 0.2) is 12.8 Å². The Labute approximate surface area is 157 Å². The summed E-state index contributed by atoms with van der Waals surface area (Å²) in [5.74, 6) is -4.09.